The van der Waals surface area contributed by atoms with Gasteiger partial charge in [0, 0.05) is 56.7 Å². The minimum absolute atomic E-state index is 0.109. The van der Waals surface area contributed by atoms with Crippen molar-refractivity contribution in [1.82, 2.24) is 35.2 Å². The van der Waals surface area contributed by atoms with Gasteiger partial charge in [-0.2, -0.15) is 5.10 Å². The molecule has 0 aliphatic carbocycles. The van der Waals surface area contributed by atoms with Crippen LogP contribution in [0.2, 0.25) is 0 Å². The van der Waals surface area contributed by atoms with Gasteiger partial charge >= 0.3 is 12.1 Å². The standard InChI is InChI=1S/C30H34N8O5/c1-19-34-35-26(42-19)24-15-25(36-38(27(24)39)14-6-5-12-32-29(41)43-30(2,3)4)20-7-9-23(10-8-20)33-28(40)37-17-21-11-13-31-16-22(21)18-37/h7-11,13,15-16H,5-6,12,14,17-18H2,1-4H3,(H,32,41)(H,33,40). The molecule has 43 heavy (non-hydrogen) atoms. The van der Waals surface area contributed by atoms with Crippen LogP contribution in [-0.2, 0) is 24.4 Å². The molecular formula is C30H34N8O5. The average molecular weight is 587 g/mol. The number of alkyl carbamates (subject to hydrolysis) is 1. The van der Waals surface area contributed by atoms with E-state index < -0.39 is 11.7 Å². The van der Waals surface area contributed by atoms with Crippen LogP contribution in [0.1, 0.15) is 50.6 Å². The fourth-order valence-electron chi connectivity index (χ4n) is 4.57. The van der Waals surface area contributed by atoms with Crippen LogP contribution < -0.4 is 16.2 Å². The molecule has 1 aromatic carbocycles. The maximum atomic E-state index is 13.3. The number of rotatable bonds is 8. The van der Waals surface area contributed by atoms with Crippen molar-refractivity contribution in [2.45, 2.75) is 65.8 Å². The predicted octanol–water partition coefficient (Wildman–Crippen LogP) is 4.52. The van der Waals surface area contributed by atoms with E-state index in [0.717, 1.165) is 16.7 Å². The largest absolute Gasteiger partial charge is 0.444 e. The van der Waals surface area contributed by atoms with Crippen LogP contribution in [0.15, 0.2) is 58.0 Å². The monoisotopic (exact) mass is 586 g/mol. The number of benzene rings is 1. The molecule has 0 saturated carbocycles. The highest BCUT2D eigenvalue weighted by Crippen LogP contribution is 2.25. The van der Waals surface area contributed by atoms with Crippen molar-refractivity contribution in [1.29, 1.82) is 0 Å². The predicted molar refractivity (Wildman–Crippen MR) is 158 cm³/mol. The number of anilines is 1. The highest BCUT2D eigenvalue weighted by atomic mass is 16.6. The number of carbonyl (C=O) groups is 2. The Bertz CT molecular complexity index is 1650. The summed E-state index contributed by atoms with van der Waals surface area (Å²) in [6.45, 7) is 8.80. The van der Waals surface area contributed by atoms with E-state index in [1.165, 1.54) is 4.68 Å². The van der Waals surface area contributed by atoms with Crippen LogP contribution in [0.25, 0.3) is 22.7 Å². The summed E-state index contributed by atoms with van der Waals surface area (Å²) < 4.78 is 12.2. The first-order chi connectivity index (χ1) is 20.6. The lowest BCUT2D eigenvalue weighted by atomic mass is 10.1. The number of ether oxygens (including phenoxy) is 1. The molecule has 0 bridgehead atoms. The molecule has 0 saturated heterocycles. The number of carbonyl (C=O) groups excluding carboxylic acids is 2. The first-order valence-electron chi connectivity index (χ1n) is 14.0. The van der Waals surface area contributed by atoms with Crippen LogP contribution in [0.5, 0.6) is 0 Å². The van der Waals surface area contributed by atoms with E-state index in [2.05, 4.69) is 30.9 Å². The van der Waals surface area contributed by atoms with Crippen LogP contribution in [-0.4, -0.2) is 54.1 Å². The fraction of sp³-hybridized carbons (Fsp3) is 0.367. The zero-order valence-corrected chi connectivity index (χ0v) is 24.6. The maximum Gasteiger partial charge on any atom is 0.407 e. The molecule has 3 aromatic heterocycles. The van der Waals surface area contributed by atoms with Gasteiger partial charge in [-0.3, -0.25) is 9.78 Å². The Hall–Kier alpha value is -5.07. The first-order valence-corrected chi connectivity index (χ1v) is 14.0. The third-order valence-electron chi connectivity index (χ3n) is 6.64. The summed E-state index contributed by atoms with van der Waals surface area (Å²) in [5.74, 6) is 0.446. The highest BCUT2D eigenvalue weighted by molar-refractivity contribution is 5.90. The first kappa shape index (κ1) is 29.4. The molecule has 5 rings (SSSR count). The van der Waals surface area contributed by atoms with Gasteiger partial charge in [0.05, 0.1) is 5.69 Å². The number of unbranched alkanes of at least 4 members (excludes halogenated alkanes) is 1. The normalized spacial score (nSPS) is 12.6. The molecule has 0 spiro atoms. The summed E-state index contributed by atoms with van der Waals surface area (Å²) >= 11 is 0. The van der Waals surface area contributed by atoms with E-state index in [-0.39, 0.29) is 23.0 Å². The Balaban J connectivity index is 1.28. The number of amides is 3. The molecule has 4 heterocycles. The molecular weight excluding hydrogens is 552 g/mol. The van der Waals surface area contributed by atoms with Crippen LogP contribution >= 0.6 is 0 Å². The molecule has 0 atom stereocenters. The smallest absolute Gasteiger partial charge is 0.407 e. The molecule has 1 aliphatic heterocycles. The SMILES string of the molecule is Cc1nnc(-c2cc(-c3ccc(NC(=O)N4Cc5ccncc5C4)cc3)nn(CCCCNC(=O)OC(C)(C)C)c2=O)o1. The van der Waals surface area contributed by atoms with Gasteiger partial charge in [-0.25, -0.2) is 14.3 Å². The van der Waals surface area contributed by atoms with E-state index in [1.807, 2.05) is 18.2 Å². The van der Waals surface area contributed by atoms with Gasteiger partial charge in [0.25, 0.3) is 11.4 Å². The average Bonchev–Trinajstić information content (AvgIpc) is 3.59. The zero-order chi connectivity index (χ0) is 30.6. The Morgan fingerprint density at radius 3 is 2.51 bits per heavy atom. The number of nitrogens with zero attached hydrogens (tertiary/aromatic N) is 6. The van der Waals surface area contributed by atoms with E-state index in [4.69, 9.17) is 9.15 Å². The van der Waals surface area contributed by atoms with E-state index in [9.17, 15) is 14.4 Å². The van der Waals surface area contributed by atoms with E-state index in [0.29, 0.717) is 56.3 Å². The number of hydrogen-bond donors (Lipinski definition) is 2. The fourth-order valence-corrected chi connectivity index (χ4v) is 4.57. The minimum atomic E-state index is -0.576. The third-order valence-corrected chi connectivity index (χ3v) is 6.64. The second kappa shape index (κ2) is 12.4. The second-order valence-corrected chi connectivity index (χ2v) is 11.2. The number of aromatic nitrogens is 5. The summed E-state index contributed by atoms with van der Waals surface area (Å²) in [6, 6.07) is 10.6. The molecule has 2 N–H and O–H groups in total. The second-order valence-electron chi connectivity index (χ2n) is 11.2. The maximum absolute atomic E-state index is 13.3. The molecule has 1 aliphatic rings. The lowest BCUT2D eigenvalue weighted by Crippen LogP contribution is -2.33. The molecule has 224 valence electrons. The number of aryl methyl sites for hydroxylation is 2. The van der Waals surface area contributed by atoms with Gasteiger partial charge in [-0.05, 0) is 69.0 Å². The number of urea groups is 1. The lowest BCUT2D eigenvalue weighted by molar-refractivity contribution is 0.0526. The van der Waals surface area contributed by atoms with Gasteiger partial charge in [0.1, 0.15) is 11.2 Å². The topological polar surface area (TPSA) is 157 Å². The van der Waals surface area contributed by atoms with Crippen molar-refractivity contribution in [3.63, 3.8) is 0 Å². The molecule has 0 unspecified atom stereocenters. The van der Waals surface area contributed by atoms with E-state index in [1.54, 1.807) is 63.2 Å². The summed E-state index contributed by atoms with van der Waals surface area (Å²) in [6.07, 6.45) is 4.22. The lowest BCUT2D eigenvalue weighted by Gasteiger charge is -2.19. The summed E-state index contributed by atoms with van der Waals surface area (Å²) in [4.78, 5) is 43.9. The molecule has 0 fully saturated rings. The molecule has 13 heteroatoms. The molecule has 0 radical (unpaired) electrons. The number of hydrogen-bond acceptors (Lipinski definition) is 9. The molecule has 13 nitrogen and oxygen atoms in total. The van der Waals surface area contributed by atoms with Crippen molar-refractivity contribution >= 4 is 17.8 Å². The minimum Gasteiger partial charge on any atom is -0.444 e. The Kier molecular flexibility index (Phi) is 8.51. The summed E-state index contributed by atoms with van der Waals surface area (Å²) in [7, 11) is 0. The van der Waals surface area contributed by atoms with Crippen molar-refractivity contribution in [3.8, 4) is 22.7 Å². The van der Waals surface area contributed by atoms with Crippen LogP contribution in [0.4, 0.5) is 15.3 Å². The van der Waals surface area contributed by atoms with Gasteiger partial charge in [-0.1, -0.05) is 12.1 Å². The summed E-state index contributed by atoms with van der Waals surface area (Å²) in [5, 5.41) is 18.2. The highest BCUT2D eigenvalue weighted by Gasteiger charge is 2.23. The molecule has 3 amide bonds. The number of nitrogens with one attached hydrogen (secondary N) is 2. The third kappa shape index (κ3) is 7.42. The number of fused-ring (bicyclic) bond motifs is 1. The Morgan fingerprint density at radius 1 is 1.05 bits per heavy atom. The van der Waals surface area contributed by atoms with E-state index >= 15 is 0 Å². The van der Waals surface area contributed by atoms with Crippen molar-refractivity contribution in [3.05, 3.63) is 76.2 Å². The van der Waals surface area contributed by atoms with Gasteiger partial charge in [0.2, 0.25) is 5.89 Å². The quantitative estimate of drug-likeness (QED) is 0.283. The van der Waals surface area contributed by atoms with Crippen LogP contribution in [0, 0.1) is 6.92 Å². The van der Waals surface area contributed by atoms with Gasteiger partial charge in [0.15, 0.2) is 0 Å². The number of pyridine rings is 1. The zero-order valence-electron chi connectivity index (χ0n) is 24.6. The van der Waals surface area contributed by atoms with Gasteiger partial charge < -0.3 is 24.7 Å². The Morgan fingerprint density at radius 2 is 1.81 bits per heavy atom. The van der Waals surface area contributed by atoms with Gasteiger partial charge in [-0.15, -0.1) is 10.2 Å². The summed E-state index contributed by atoms with van der Waals surface area (Å²) in [5.41, 5.74) is 3.31. The van der Waals surface area contributed by atoms with Crippen molar-refractivity contribution < 1.29 is 18.7 Å². The Labute approximate surface area is 248 Å². The van der Waals surface area contributed by atoms with Crippen molar-refractivity contribution in [2.75, 3.05) is 11.9 Å². The van der Waals surface area contributed by atoms with Crippen LogP contribution in [0.3, 0.4) is 0 Å². The molecule has 4 aromatic rings. The van der Waals surface area contributed by atoms with Crippen molar-refractivity contribution in [2.24, 2.45) is 0 Å².